The fourth-order valence-electron chi connectivity index (χ4n) is 3.00. The van der Waals surface area contributed by atoms with Crippen molar-refractivity contribution < 1.29 is 9.53 Å². The number of rotatable bonds is 3. The molecule has 6 nitrogen and oxygen atoms in total. The third-order valence-electron chi connectivity index (χ3n) is 4.21. The van der Waals surface area contributed by atoms with Crippen LogP contribution in [0.25, 0.3) is 5.69 Å². The first-order valence-corrected chi connectivity index (χ1v) is 7.67. The van der Waals surface area contributed by atoms with E-state index in [4.69, 9.17) is 4.74 Å². The number of nitrogens with zero attached hydrogens (tertiary/aromatic N) is 3. The Morgan fingerprint density at radius 3 is 2.79 bits per heavy atom. The largest absolute Gasteiger partial charge is 0.497 e. The molecule has 0 saturated carbocycles. The van der Waals surface area contributed by atoms with E-state index in [0.717, 1.165) is 22.7 Å². The van der Waals surface area contributed by atoms with Gasteiger partial charge in [0.05, 0.1) is 12.8 Å². The third-order valence-corrected chi connectivity index (χ3v) is 4.21. The Hall–Kier alpha value is -3.15. The molecule has 1 amide bonds. The van der Waals surface area contributed by atoms with Gasteiger partial charge in [-0.3, -0.25) is 14.3 Å². The summed E-state index contributed by atoms with van der Waals surface area (Å²) in [5.74, 6) is 1.39. The molecule has 0 saturated heterocycles. The number of carbonyl (C=O) groups excluding carboxylic acids is 1. The highest BCUT2D eigenvalue weighted by Crippen LogP contribution is 2.37. The van der Waals surface area contributed by atoms with Crippen LogP contribution < -0.4 is 10.1 Å². The Morgan fingerprint density at radius 2 is 2.08 bits per heavy atom. The number of imidazole rings is 1. The van der Waals surface area contributed by atoms with Gasteiger partial charge in [-0.2, -0.15) is 0 Å². The molecule has 1 aliphatic heterocycles. The summed E-state index contributed by atoms with van der Waals surface area (Å²) >= 11 is 0. The van der Waals surface area contributed by atoms with Crippen molar-refractivity contribution in [1.82, 2.24) is 14.5 Å². The highest BCUT2D eigenvalue weighted by Gasteiger charge is 2.31. The average Bonchev–Trinajstić information content (AvgIpc) is 3.05. The molecule has 1 unspecified atom stereocenters. The maximum atomic E-state index is 12.2. The maximum Gasteiger partial charge on any atom is 0.226 e. The Bertz CT molecular complexity index is 872. The molecule has 3 heterocycles. The van der Waals surface area contributed by atoms with E-state index in [-0.39, 0.29) is 11.8 Å². The number of ether oxygens (including phenoxy) is 1. The fraction of sp³-hybridized carbons (Fsp3) is 0.167. The monoisotopic (exact) mass is 320 g/mol. The van der Waals surface area contributed by atoms with Gasteiger partial charge in [0.2, 0.25) is 5.91 Å². The normalized spacial score (nSPS) is 16.4. The topological polar surface area (TPSA) is 69.0 Å². The smallest absolute Gasteiger partial charge is 0.226 e. The van der Waals surface area contributed by atoms with Crippen LogP contribution in [0.1, 0.15) is 23.6 Å². The molecule has 4 rings (SSSR count). The standard InChI is InChI=1S/C18H16N4O2/c1-24-14-6-4-13(5-7-14)22-11-20-17-15(9-16(23)21-18(17)22)12-3-2-8-19-10-12/h2-8,10-11,15H,9H2,1H3,(H,21,23). The summed E-state index contributed by atoms with van der Waals surface area (Å²) in [5.41, 5.74) is 2.77. The number of methoxy groups -OCH3 is 1. The molecule has 0 bridgehead atoms. The van der Waals surface area contributed by atoms with E-state index in [9.17, 15) is 4.79 Å². The SMILES string of the molecule is COc1ccc(-n2cnc3c2NC(=O)CC3c2cccnc2)cc1. The zero-order valence-electron chi connectivity index (χ0n) is 13.1. The minimum absolute atomic E-state index is 0.0217. The molecule has 0 radical (unpaired) electrons. The highest BCUT2D eigenvalue weighted by atomic mass is 16.5. The molecule has 120 valence electrons. The van der Waals surface area contributed by atoms with Gasteiger partial charge in [-0.25, -0.2) is 4.98 Å². The zero-order chi connectivity index (χ0) is 16.5. The summed E-state index contributed by atoms with van der Waals surface area (Å²) in [6.45, 7) is 0. The second-order valence-electron chi connectivity index (χ2n) is 5.64. The summed E-state index contributed by atoms with van der Waals surface area (Å²) < 4.78 is 7.07. The van der Waals surface area contributed by atoms with Gasteiger partial charge >= 0.3 is 0 Å². The van der Waals surface area contributed by atoms with Crippen LogP contribution in [0.3, 0.4) is 0 Å². The average molecular weight is 320 g/mol. The van der Waals surface area contributed by atoms with Crippen LogP contribution in [-0.4, -0.2) is 27.6 Å². The van der Waals surface area contributed by atoms with Crippen molar-refractivity contribution in [2.24, 2.45) is 0 Å². The number of hydrogen-bond acceptors (Lipinski definition) is 4. The van der Waals surface area contributed by atoms with Crippen LogP contribution >= 0.6 is 0 Å². The van der Waals surface area contributed by atoms with Gasteiger partial charge in [-0.1, -0.05) is 6.07 Å². The third kappa shape index (κ3) is 2.42. The van der Waals surface area contributed by atoms with Gasteiger partial charge in [0, 0.05) is 30.4 Å². The van der Waals surface area contributed by atoms with Gasteiger partial charge in [-0.05, 0) is 35.9 Å². The van der Waals surface area contributed by atoms with Crippen molar-refractivity contribution in [2.75, 3.05) is 12.4 Å². The predicted molar refractivity (Wildman–Crippen MR) is 89.4 cm³/mol. The number of aromatic nitrogens is 3. The van der Waals surface area contributed by atoms with E-state index in [1.807, 2.05) is 41.0 Å². The van der Waals surface area contributed by atoms with Crippen LogP contribution in [0.2, 0.25) is 0 Å². The maximum absolute atomic E-state index is 12.2. The van der Waals surface area contributed by atoms with Gasteiger partial charge in [0.15, 0.2) is 0 Å². The number of amides is 1. The Balaban J connectivity index is 1.78. The number of pyridine rings is 1. The minimum Gasteiger partial charge on any atom is -0.497 e. The zero-order valence-corrected chi connectivity index (χ0v) is 13.1. The van der Waals surface area contributed by atoms with Crippen molar-refractivity contribution in [3.63, 3.8) is 0 Å². The first kappa shape index (κ1) is 14.4. The van der Waals surface area contributed by atoms with Crippen LogP contribution in [0.15, 0.2) is 55.1 Å². The number of fused-ring (bicyclic) bond motifs is 1. The number of hydrogen-bond donors (Lipinski definition) is 1. The van der Waals surface area contributed by atoms with Gasteiger partial charge < -0.3 is 10.1 Å². The summed E-state index contributed by atoms with van der Waals surface area (Å²) in [4.78, 5) is 20.9. The number of anilines is 1. The molecule has 1 N–H and O–H groups in total. The lowest BCUT2D eigenvalue weighted by atomic mass is 9.91. The Kier molecular flexibility index (Phi) is 3.49. The molecule has 0 fully saturated rings. The van der Waals surface area contributed by atoms with E-state index in [0.29, 0.717) is 12.2 Å². The van der Waals surface area contributed by atoms with Crippen LogP contribution in [-0.2, 0) is 4.79 Å². The molecular formula is C18H16N4O2. The highest BCUT2D eigenvalue weighted by molar-refractivity contribution is 5.94. The van der Waals surface area contributed by atoms with E-state index in [1.165, 1.54) is 0 Å². The quantitative estimate of drug-likeness (QED) is 0.805. The van der Waals surface area contributed by atoms with Gasteiger partial charge in [-0.15, -0.1) is 0 Å². The van der Waals surface area contributed by atoms with Crippen LogP contribution in [0.5, 0.6) is 5.75 Å². The predicted octanol–water partition coefficient (Wildman–Crippen LogP) is 2.75. The van der Waals surface area contributed by atoms with E-state index >= 15 is 0 Å². The second-order valence-corrected chi connectivity index (χ2v) is 5.64. The van der Waals surface area contributed by atoms with E-state index in [2.05, 4.69) is 15.3 Å². The fourth-order valence-corrected chi connectivity index (χ4v) is 3.00. The van der Waals surface area contributed by atoms with Crippen molar-refractivity contribution >= 4 is 11.7 Å². The van der Waals surface area contributed by atoms with Crippen LogP contribution in [0, 0.1) is 0 Å². The Morgan fingerprint density at radius 1 is 1.25 bits per heavy atom. The summed E-state index contributed by atoms with van der Waals surface area (Å²) in [7, 11) is 1.63. The number of carbonyl (C=O) groups is 1. The van der Waals surface area contributed by atoms with Crippen LogP contribution in [0.4, 0.5) is 5.82 Å². The van der Waals surface area contributed by atoms with Crippen molar-refractivity contribution in [1.29, 1.82) is 0 Å². The summed E-state index contributed by atoms with van der Waals surface area (Å²) in [6.07, 6.45) is 5.63. The molecule has 0 spiro atoms. The van der Waals surface area contributed by atoms with Gasteiger partial charge in [0.1, 0.15) is 17.9 Å². The van der Waals surface area contributed by atoms with Crippen molar-refractivity contribution in [3.8, 4) is 11.4 Å². The first-order chi connectivity index (χ1) is 11.8. The second kappa shape index (κ2) is 5.81. The molecule has 1 aromatic carbocycles. The lowest BCUT2D eigenvalue weighted by Crippen LogP contribution is -2.24. The lowest BCUT2D eigenvalue weighted by molar-refractivity contribution is -0.116. The molecule has 3 aromatic rings. The number of nitrogens with one attached hydrogen (secondary N) is 1. The molecule has 1 atom stereocenters. The van der Waals surface area contributed by atoms with E-state index < -0.39 is 0 Å². The van der Waals surface area contributed by atoms with E-state index in [1.54, 1.807) is 25.8 Å². The van der Waals surface area contributed by atoms with Gasteiger partial charge in [0.25, 0.3) is 0 Å². The number of benzene rings is 1. The summed E-state index contributed by atoms with van der Waals surface area (Å²) in [6, 6.07) is 11.5. The minimum atomic E-state index is -0.0815. The summed E-state index contributed by atoms with van der Waals surface area (Å²) in [5, 5.41) is 2.95. The molecular weight excluding hydrogens is 304 g/mol. The Labute approximate surface area is 139 Å². The van der Waals surface area contributed by atoms with Crippen molar-refractivity contribution in [3.05, 3.63) is 66.4 Å². The first-order valence-electron chi connectivity index (χ1n) is 7.67. The molecule has 1 aliphatic rings. The van der Waals surface area contributed by atoms with Crippen molar-refractivity contribution in [2.45, 2.75) is 12.3 Å². The molecule has 0 aliphatic carbocycles. The molecule has 6 heteroatoms. The molecule has 2 aromatic heterocycles. The molecule has 24 heavy (non-hydrogen) atoms. The lowest BCUT2D eigenvalue weighted by Gasteiger charge is -2.23.